The predicted molar refractivity (Wildman–Crippen MR) is 62.8 cm³/mol. The van der Waals surface area contributed by atoms with Gasteiger partial charge in [-0.3, -0.25) is 0 Å². The summed E-state index contributed by atoms with van der Waals surface area (Å²) in [7, 11) is 1.62. The number of hydrogen-bond acceptors (Lipinski definition) is 5. The number of aliphatic carboxylic acids is 1. The molecule has 0 fully saturated rings. The van der Waals surface area contributed by atoms with Crippen molar-refractivity contribution in [3.8, 4) is 5.75 Å². The van der Waals surface area contributed by atoms with Crippen molar-refractivity contribution >= 4 is 11.7 Å². The smallest absolute Gasteiger partial charge is 0.543 e. The van der Waals surface area contributed by atoms with Gasteiger partial charge in [-0.25, -0.2) is 0 Å². The van der Waals surface area contributed by atoms with Crippen LogP contribution < -0.4 is 44.8 Å². The average Bonchev–Trinajstić information content (AvgIpc) is 2.34. The topological polar surface area (TPSA) is 73.8 Å². The maximum Gasteiger partial charge on any atom is 1.00 e. The number of ether oxygens (including phenoxy) is 1. The van der Waals surface area contributed by atoms with Gasteiger partial charge in [-0.1, -0.05) is 18.2 Å². The predicted octanol–water partition coefficient (Wildman–Crippen LogP) is -3.04. The average molecular weight is 258 g/mol. The molecule has 0 saturated carbocycles. The second-order valence-electron chi connectivity index (χ2n) is 3.45. The zero-order valence-corrected chi connectivity index (χ0v) is 12.9. The minimum atomic E-state index is -1.27. The molecule has 6 heteroatoms. The van der Waals surface area contributed by atoms with Gasteiger partial charge >= 0.3 is 29.6 Å². The van der Waals surface area contributed by atoms with Crippen LogP contribution in [0.2, 0.25) is 0 Å². The van der Waals surface area contributed by atoms with E-state index in [2.05, 4.69) is 10.5 Å². The number of nitrogens with one attached hydrogen (secondary N) is 1. The molecule has 0 radical (unpaired) electrons. The van der Waals surface area contributed by atoms with E-state index in [1.165, 1.54) is 6.92 Å². The molecule has 1 rings (SSSR count). The molecule has 1 aromatic carbocycles. The number of hydrogen-bond donors (Lipinski definition) is 1. The van der Waals surface area contributed by atoms with Crippen molar-refractivity contribution < 1.29 is 44.2 Å². The summed E-state index contributed by atoms with van der Waals surface area (Å²) in [4.78, 5) is 10.4. The Morgan fingerprint density at radius 1 is 1.44 bits per heavy atom. The number of hydrazone groups is 1. The minimum Gasteiger partial charge on any atom is -0.543 e. The second kappa shape index (κ2) is 8.97. The third-order valence-electron chi connectivity index (χ3n) is 2.24. The fourth-order valence-electron chi connectivity index (χ4n) is 1.32. The summed E-state index contributed by atoms with van der Waals surface area (Å²) in [6.45, 7) is 1.91. The fraction of sp³-hybridized carbons (Fsp3) is 0.333. The Kier molecular flexibility index (Phi) is 8.45. The number of carboxylic acids is 1. The molecule has 0 aliphatic heterocycles. The van der Waals surface area contributed by atoms with Crippen LogP contribution in [-0.4, -0.2) is 25.3 Å². The van der Waals surface area contributed by atoms with Crippen molar-refractivity contribution in [1.82, 2.24) is 5.43 Å². The van der Waals surface area contributed by atoms with Crippen LogP contribution in [0.3, 0.4) is 0 Å². The first-order valence-corrected chi connectivity index (χ1v) is 5.25. The number of nitrogens with zero attached hydrogens (tertiary/aromatic N) is 1. The van der Waals surface area contributed by atoms with Gasteiger partial charge in [0.2, 0.25) is 0 Å². The minimum absolute atomic E-state index is 0. The summed E-state index contributed by atoms with van der Waals surface area (Å²) in [6, 6.07) is 7.66. The van der Waals surface area contributed by atoms with Gasteiger partial charge in [-0.2, -0.15) is 5.10 Å². The Bertz CT molecular complexity index is 422. The van der Waals surface area contributed by atoms with Gasteiger partial charge in [0.1, 0.15) is 5.75 Å². The maximum absolute atomic E-state index is 10.4. The van der Waals surface area contributed by atoms with Crippen molar-refractivity contribution in [3.63, 3.8) is 0 Å². The van der Waals surface area contributed by atoms with Crippen molar-refractivity contribution in [2.75, 3.05) is 13.7 Å². The zero-order valence-electron chi connectivity index (χ0n) is 10.9. The van der Waals surface area contributed by atoms with Crippen LogP contribution in [0.25, 0.3) is 0 Å². The van der Waals surface area contributed by atoms with Gasteiger partial charge < -0.3 is 20.1 Å². The fourth-order valence-corrected chi connectivity index (χ4v) is 1.32. The summed E-state index contributed by atoms with van der Waals surface area (Å²) in [5.74, 6) is -0.454. The standard InChI is InChI=1S/C12H16N2O3.Na/c1-9(12(15)16)14-13-8-7-10-5-3-4-6-11(10)17-2;/h3-6,13H,7-8H2,1-2H3,(H,15,16);/q;+1/p-1/b14-9-;. The zero-order chi connectivity index (χ0) is 12.7. The van der Waals surface area contributed by atoms with Gasteiger partial charge in [-0.05, 0) is 25.0 Å². The third kappa shape index (κ3) is 5.53. The number of benzene rings is 1. The summed E-state index contributed by atoms with van der Waals surface area (Å²) in [5.41, 5.74) is 3.66. The van der Waals surface area contributed by atoms with Crippen LogP contribution in [0.5, 0.6) is 5.75 Å². The van der Waals surface area contributed by atoms with Gasteiger partial charge in [0.25, 0.3) is 0 Å². The molecule has 5 nitrogen and oxygen atoms in total. The van der Waals surface area contributed by atoms with Gasteiger partial charge in [0, 0.05) is 6.54 Å². The first kappa shape index (κ1) is 17.0. The Balaban J connectivity index is 0.00000289. The molecule has 1 aromatic rings. The van der Waals surface area contributed by atoms with Crippen molar-refractivity contribution in [2.24, 2.45) is 5.10 Å². The molecule has 18 heavy (non-hydrogen) atoms. The summed E-state index contributed by atoms with van der Waals surface area (Å²) in [5, 5.41) is 14.0. The molecule has 0 heterocycles. The van der Waals surface area contributed by atoms with Crippen LogP contribution in [0.1, 0.15) is 12.5 Å². The largest absolute Gasteiger partial charge is 1.00 e. The molecule has 0 aromatic heterocycles. The number of carboxylic acid groups (broad SMARTS) is 1. The van der Waals surface area contributed by atoms with E-state index in [0.29, 0.717) is 13.0 Å². The molecular weight excluding hydrogens is 243 g/mol. The summed E-state index contributed by atoms with van der Waals surface area (Å²) < 4.78 is 5.19. The Labute approximate surface area is 129 Å². The quantitative estimate of drug-likeness (QED) is 0.255. The second-order valence-corrected chi connectivity index (χ2v) is 3.45. The van der Waals surface area contributed by atoms with E-state index in [1.807, 2.05) is 24.3 Å². The third-order valence-corrected chi connectivity index (χ3v) is 2.24. The molecule has 0 unspecified atom stereocenters. The van der Waals surface area contributed by atoms with Crippen LogP contribution in [0, 0.1) is 0 Å². The molecular formula is C12H15N2NaO3. The molecule has 0 aliphatic carbocycles. The number of methoxy groups -OCH3 is 1. The van der Waals surface area contributed by atoms with Gasteiger partial charge in [-0.15, -0.1) is 0 Å². The molecule has 0 bridgehead atoms. The van der Waals surface area contributed by atoms with Gasteiger partial charge in [0.05, 0.1) is 18.8 Å². The van der Waals surface area contributed by atoms with Crippen LogP contribution in [0.4, 0.5) is 0 Å². The molecule has 0 aliphatic rings. The maximum atomic E-state index is 10.4. The van der Waals surface area contributed by atoms with E-state index in [9.17, 15) is 9.90 Å². The van der Waals surface area contributed by atoms with Crippen molar-refractivity contribution in [3.05, 3.63) is 29.8 Å². The number of carbonyl (C=O) groups excluding carboxylic acids is 1. The van der Waals surface area contributed by atoms with Crippen LogP contribution in [0.15, 0.2) is 29.4 Å². The van der Waals surface area contributed by atoms with E-state index in [-0.39, 0.29) is 35.3 Å². The van der Waals surface area contributed by atoms with E-state index < -0.39 is 5.97 Å². The van der Waals surface area contributed by atoms with Crippen LogP contribution in [-0.2, 0) is 11.2 Å². The number of carbonyl (C=O) groups is 1. The van der Waals surface area contributed by atoms with E-state index in [0.717, 1.165) is 11.3 Å². The van der Waals surface area contributed by atoms with Crippen LogP contribution >= 0.6 is 0 Å². The van der Waals surface area contributed by atoms with E-state index in [1.54, 1.807) is 7.11 Å². The van der Waals surface area contributed by atoms with E-state index in [4.69, 9.17) is 4.74 Å². The SMILES string of the molecule is COc1ccccc1CCN/N=C(/C)C(=O)[O-].[Na+]. The Morgan fingerprint density at radius 3 is 2.72 bits per heavy atom. The number of rotatable bonds is 6. The molecule has 0 amide bonds. The van der Waals surface area contributed by atoms with Crippen molar-refractivity contribution in [2.45, 2.75) is 13.3 Å². The molecule has 0 atom stereocenters. The Morgan fingerprint density at radius 2 is 2.11 bits per heavy atom. The summed E-state index contributed by atoms with van der Waals surface area (Å²) >= 11 is 0. The first-order chi connectivity index (χ1) is 8.15. The monoisotopic (exact) mass is 258 g/mol. The van der Waals surface area contributed by atoms with E-state index >= 15 is 0 Å². The Hall–Kier alpha value is -1.04. The first-order valence-electron chi connectivity index (χ1n) is 5.25. The van der Waals surface area contributed by atoms with Gasteiger partial charge in [0.15, 0.2) is 0 Å². The molecule has 0 saturated heterocycles. The van der Waals surface area contributed by atoms with Crippen molar-refractivity contribution in [1.29, 1.82) is 0 Å². The number of para-hydroxylation sites is 1. The molecule has 0 spiro atoms. The molecule has 92 valence electrons. The summed E-state index contributed by atoms with van der Waals surface area (Å²) in [6.07, 6.45) is 0.702. The normalized spacial score (nSPS) is 10.4. The molecule has 1 N–H and O–H groups in total.